The van der Waals surface area contributed by atoms with Gasteiger partial charge in [-0.2, -0.15) is 0 Å². The van der Waals surface area contributed by atoms with Crippen LogP contribution in [0.2, 0.25) is 0 Å². The number of benzene rings is 1. The Kier molecular flexibility index (Phi) is 5.66. The van der Waals surface area contributed by atoms with Crippen LogP contribution in [0.25, 0.3) is 11.3 Å². The van der Waals surface area contributed by atoms with Crippen LogP contribution in [0.15, 0.2) is 52.5 Å². The fourth-order valence-corrected chi connectivity index (χ4v) is 3.15. The monoisotopic (exact) mass is 387 g/mol. The van der Waals surface area contributed by atoms with Gasteiger partial charge < -0.3 is 15.1 Å². The van der Waals surface area contributed by atoms with E-state index in [9.17, 15) is 14.0 Å². The molecule has 1 unspecified atom stereocenters. The van der Waals surface area contributed by atoms with E-state index >= 15 is 0 Å². The van der Waals surface area contributed by atoms with Crippen molar-refractivity contribution >= 4 is 28.3 Å². The van der Waals surface area contributed by atoms with Gasteiger partial charge in [-0.05, 0) is 42.3 Å². The predicted molar refractivity (Wildman–Crippen MR) is 101 cm³/mol. The van der Waals surface area contributed by atoms with E-state index in [0.29, 0.717) is 10.8 Å². The van der Waals surface area contributed by atoms with Crippen molar-refractivity contribution in [2.45, 2.75) is 19.9 Å². The molecule has 0 spiro atoms. The summed E-state index contributed by atoms with van der Waals surface area (Å²) >= 11 is 1.25. The van der Waals surface area contributed by atoms with Gasteiger partial charge in [0, 0.05) is 10.9 Å². The number of amides is 2. The fourth-order valence-electron chi connectivity index (χ4n) is 2.42. The van der Waals surface area contributed by atoms with E-state index in [1.165, 1.54) is 35.8 Å². The second kappa shape index (κ2) is 8.13. The SMILES string of the molecule is CC(C)C(NC(=O)c1ccco1)C(=O)Nc1nc(-c2ccc(F)cc2)cs1. The molecule has 2 N–H and O–H groups in total. The Bertz CT molecular complexity index is 920. The first-order chi connectivity index (χ1) is 12.9. The topological polar surface area (TPSA) is 84.2 Å². The third-order valence-corrected chi connectivity index (χ3v) is 4.61. The summed E-state index contributed by atoms with van der Waals surface area (Å²) in [5, 5.41) is 7.57. The Morgan fingerprint density at radius 2 is 1.93 bits per heavy atom. The summed E-state index contributed by atoms with van der Waals surface area (Å²) in [6, 6.07) is 8.33. The lowest BCUT2D eigenvalue weighted by atomic mass is 10.0. The van der Waals surface area contributed by atoms with E-state index in [2.05, 4.69) is 15.6 Å². The highest BCUT2D eigenvalue weighted by molar-refractivity contribution is 7.14. The zero-order valence-corrected chi connectivity index (χ0v) is 15.5. The zero-order valence-electron chi connectivity index (χ0n) is 14.7. The highest BCUT2D eigenvalue weighted by Gasteiger charge is 2.26. The molecule has 1 aromatic carbocycles. The van der Waals surface area contributed by atoms with Gasteiger partial charge in [-0.15, -0.1) is 11.3 Å². The number of furan rings is 1. The van der Waals surface area contributed by atoms with E-state index < -0.39 is 11.9 Å². The molecule has 0 radical (unpaired) electrons. The molecule has 0 bridgehead atoms. The van der Waals surface area contributed by atoms with Gasteiger partial charge in [0.05, 0.1) is 12.0 Å². The molecular weight excluding hydrogens is 369 g/mol. The first-order valence-corrected chi connectivity index (χ1v) is 9.18. The summed E-state index contributed by atoms with van der Waals surface area (Å²) in [6.07, 6.45) is 1.39. The molecule has 3 rings (SSSR count). The summed E-state index contributed by atoms with van der Waals surface area (Å²) in [6.45, 7) is 3.66. The van der Waals surface area contributed by atoms with Crippen LogP contribution in [-0.2, 0) is 4.79 Å². The van der Waals surface area contributed by atoms with Gasteiger partial charge in [0.2, 0.25) is 5.91 Å². The molecular formula is C19H18FN3O3S. The second-order valence-corrected chi connectivity index (χ2v) is 7.06. The van der Waals surface area contributed by atoms with Crippen LogP contribution in [-0.4, -0.2) is 22.8 Å². The molecule has 0 fully saturated rings. The molecule has 2 amide bonds. The van der Waals surface area contributed by atoms with Gasteiger partial charge >= 0.3 is 0 Å². The molecule has 0 aliphatic heterocycles. The Hall–Kier alpha value is -3.00. The van der Waals surface area contributed by atoms with Crippen LogP contribution in [0.5, 0.6) is 0 Å². The minimum Gasteiger partial charge on any atom is -0.459 e. The summed E-state index contributed by atoms with van der Waals surface area (Å²) in [4.78, 5) is 29.1. The van der Waals surface area contributed by atoms with Crippen molar-refractivity contribution in [3.63, 3.8) is 0 Å². The maximum atomic E-state index is 13.0. The number of halogens is 1. The van der Waals surface area contributed by atoms with Crippen molar-refractivity contribution in [1.29, 1.82) is 0 Å². The predicted octanol–water partition coefficient (Wildman–Crippen LogP) is 3.94. The quantitative estimate of drug-likeness (QED) is 0.671. The fraction of sp³-hybridized carbons (Fsp3) is 0.211. The maximum absolute atomic E-state index is 13.0. The number of aromatic nitrogens is 1. The Labute approximate surface area is 159 Å². The van der Waals surface area contributed by atoms with Gasteiger partial charge in [-0.3, -0.25) is 9.59 Å². The summed E-state index contributed by atoms with van der Waals surface area (Å²) in [5.74, 6) is -1.15. The Morgan fingerprint density at radius 3 is 2.56 bits per heavy atom. The van der Waals surface area contributed by atoms with Crippen LogP contribution in [0.3, 0.4) is 0 Å². The number of nitrogens with one attached hydrogen (secondary N) is 2. The second-order valence-electron chi connectivity index (χ2n) is 6.21. The third-order valence-electron chi connectivity index (χ3n) is 3.86. The molecule has 0 saturated carbocycles. The molecule has 1 atom stereocenters. The summed E-state index contributed by atoms with van der Waals surface area (Å²) in [7, 11) is 0. The van der Waals surface area contributed by atoms with E-state index in [-0.39, 0.29) is 23.4 Å². The number of carbonyl (C=O) groups excluding carboxylic acids is 2. The van der Waals surface area contributed by atoms with Crippen molar-refractivity contribution in [3.05, 3.63) is 59.6 Å². The maximum Gasteiger partial charge on any atom is 0.287 e. The lowest BCUT2D eigenvalue weighted by Crippen LogP contribution is -2.47. The molecule has 6 nitrogen and oxygen atoms in total. The lowest BCUT2D eigenvalue weighted by molar-refractivity contribution is -0.118. The Morgan fingerprint density at radius 1 is 1.19 bits per heavy atom. The van der Waals surface area contributed by atoms with Crippen LogP contribution in [0.4, 0.5) is 9.52 Å². The van der Waals surface area contributed by atoms with Crippen molar-refractivity contribution in [3.8, 4) is 11.3 Å². The smallest absolute Gasteiger partial charge is 0.287 e. The van der Waals surface area contributed by atoms with Crippen molar-refractivity contribution in [1.82, 2.24) is 10.3 Å². The molecule has 140 valence electrons. The lowest BCUT2D eigenvalue weighted by Gasteiger charge is -2.20. The summed E-state index contributed by atoms with van der Waals surface area (Å²) in [5.41, 5.74) is 1.38. The van der Waals surface area contributed by atoms with Gasteiger partial charge in [-0.1, -0.05) is 13.8 Å². The molecule has 0 aliphatic rings. The number of hydrogen-bond acceptors (Lipinski definition) is 5. The zero-order chi connectivity index (χ0) is 19.4. The van der Waals surface area contributed by atoms with E-state index in [0.717, 1.165) is 5.56 Å². The number of hydrogen-bond donors (Lipinski definition) is 2. The Balaban J connectivity index is 1.69. The normalized spacial score (nSPS) is 12.0. The molecule has 2 heterocycles. The third kappa shape index (κ3) is 4.59. The molecule has 27 heavy (non-hydrogen) atoms. The average Bonchev–Trinajstić information content (AvgIpc) is 3.31. The van der Waals surface area contributed by atoms with Gasteiger partial charge in [0.15, 0.2) is 10.9 Å². The number of carbonyl (C=O) groups is 2. The first-order valence-electron chi connectivity index (χ1n) is 8.30. The minimum absolute atomic E-state index is 0.138. The summed E-state index contributed by atoms with van der Waals surface area (Å²) < 4.78 is 18.1. The molecule has 0 saturated heterocycles. The van der Waals surface area contributed by atoms with E-state index in [1.54, 1.807) is 23.6 Å². The molecule has 8 heteroatoms. The van der Waals surface area contributed by atoms with Crippen molar-refractivity contribution in [2.24, 2.45) is 5.92 Å². The van der Waals surface area contributed by atoms with Gasteiger partial charge in [-0.25, -0.2) is 9.37 Å². The minimum atomic E-state index is -0.749. The van der Waals surface area contributed by atoms with Crippen molar-refractivity contribution in [2.75, 3.05) is 5.32 Å². The average molecular weight is 387 g/mol. The van der Waals surface area contributed by atoms with E-state index in [4.69, 9.17) is 4.42 Å². The first kappa shape index (κ1) is 18.8. The number of thiazole rings is 1. The van der Waals surface area contributed by atoms with Crippen molar-refractivity contribution < 1.29 is 18.4 Å². The molecule has 3 aromatic rings. The van der Waals surface area contributed by atoms with Crippen LogP contribution >= 0.6 is 11.3 Å². The largest absolute Gasteiger partial charge is 0.459 e. The van der Waals surface area contributed by atoms with E-state index in [1.807, 2.05) is 13.8 Å². The van der Waals surface area contributed by atoms with Gasteiger partial charge in [0.25, 0.3) is 5.91 Å². The molecule has 2 aromatic heterocycles. The number of nitrogens with zero attached hydrogens (tertiary/aromatic N) is 1. The number of rotatable bonds is 6. The van der Waals surface area contributed by atoms with Crippen LogP contribution in [0.1, 0.15) is 24.4 Å². The van der Waals surface area contributed by atoms with Crippen LogP contribution < -0.4 is 10.6 Å². The van der Waals surface area contributed by atoms with Gasteiger partial charge in [0.1, 0.15) is 11.9 Å². The molecule has 0 aliphatic carbocycles. The highest BCUT2D eigenvalue weighted by atomic mass is 32.1. The number of anilines is 1. The standard InChI is InChI=1S/C19H18FN3O3S/c1-11(2)16(22-17(24)15-4-3-9-26-15)18(25)23-19-21-14(10-27-19)12-5-7-13(20)8-6-12/h3-11,16H,1-2H3,(H,22,24)(H,21,23,25). The highest BCUT2D eigenvalue weighted by Crippen LogP contribution is 2.25. The van der Waals surface area contributed by atoms with Crippen LogP contribution in [0, 0.1) is 11.7 Å².